The summed E-state index contributed by atoms with van der Waals surface area (Å²) in [5, 5.41) is 6.03. The number of halogens is 4. The van der Waals surface area contributed by atoms with Crippen LogP contribution >= 0.6 is 63.7 Å². The lowest BCUT2D eigenvalue weighted by atomic mass is 10.1. The molecular formula is C41H46Br4N4O13. The summed E-state index contributed by atoms with van der Waals surface area (Å²) in [6.45, 7) is 12.5. The summed E-state index contributed by atoms with van der Waals surface area (Å²) < 4.78 is 45.7. The maximum atomic E-state index is 13.9. The number of rotatable bonds is 22. The molecule has 336 valence electrons. The van der Waals surface area contributed by atoms with E-state index < -0.39 is 41.0 Å². The molecule has 3 aromatic rings. The van der Waals surface area contributed by atoms with Crippen LogP contribution in [-0.2, 0) is 33.2 Å². The molecule has 0 radical (unpaired) electrons. The first-order chi connectivity index (χ1) is 29.2. The lowest BCUT2D eigenvalue weighted by molar-refractivity contribution is -0.117. The first kappa shape index (κ1) is 52.4. The van der Waals surface area contributed by atoms with Crippen molar-refractivity contribution in [1.82, 2.24) is 0 Å². The van der Waals surface area contributed by atoms with Crippen molar-refractivity contribution in [1.29, 1.82) is 0 Å². The zero-order valence-corrected chi connectivity index (χ0v) is 41.1. The Morgan fingerprint density at radius 2 is 0.984 bits per heavy atom. The third-order valence-electron chi connectivity index (χ3n) is 7.32. The Balaban J connectivity index is 1.79. The number of anilines is 1. The molecule has 21 heteroatoms. The summed E-state index contributed by atoms with van der Waals surface area (Å²) >= 11 is 13.4. The van der Waals surface area contributed by atoms with Crippen LogP contribution in [0.2, 0.25) is 0 Å². The van der Waals surface area contributed by atoms with Gasteiger partial charge in [-0.2, -0.15) is 0 Å². The van der Waals surface area contributed by atoms with Crippen molar-refractivity contribution < 1.29 is 61.9 Å². The van der Waals surface area contributed by atoms with Crippen LogP contribution in [-0.4, -0.2) is 100 Å². The number of hydrogen-bond donors (Lipinski definition) is 1. The highest BCUT2D eigenvalue weighted by atomic mass is 79.9. The quantitative estimate of drug-likeness (QED) is 0.0248. The van der Waals surface area contributed by atoms with Gasteiger partial charge in [0.1, 0.15) is 22.3 Å². The first-order valence-electron chi connectivity index (χ1n) is 18.8. The Kier molecular flexibility index (Phi) is 21.5. The monoisotopic (exact) mass is 1120 g/mol. The molecule has 1 amide bonds. The number of ether oxygens (including phenoxy) is 8. The fourth-order valence-corrected chi connectivity index (χ4v) is 7.45. The van der Waals surface area contributed by atoms with Crippen molar-refractivity contribution in [2.45, 2.75) is 59.2 Å². The van der Waals surface area contributed by atoms with Crippen LogP contribution in [0.1, 0.15) is 89.4 Å². The van der Waals surface area contributed by atoms with Gasteiger partial charge in [0, 0.05) is 26.1 Å². The van der Waals surface area contributed by atoms with E-state index in [-0.39, 0.29) is 81.2 Å². The van der Waals surface area contributed by atoms with Gasteiger partial charge in [-0.1, -0.05) is 37.0 Å². The summed E-state index contributed by atoms with van der Waals surface area (Å²) in [6, 6.07) is 9.73. The second kappa shape index (κ2) is 25.4. The molecule has 3 aromatic carbocycles. The molecule has 17 nitrogen and oxygen atoms in total. The molecule has 0 aliphatic rings. The molecule has 0 aliphatic carbocycles. The zero-order valence-electron chi connectivity index (χ0n) is 34.8. The van der Waals surface area contributed by atoms with Gasteiger partial charge in [0.15, 0.2) is 11.5 Å². The molecule has 0 aliphatic heterocycles. The molecule has 0 unspecified atom stereocenters. The van der Waals surface area contributed by atoms with Crippen LogP contribution in [0, 0.1) is 0 Å². The lowest BCUT2D eigenvalue weighted by Crippen LogP contribution is -2.25. The molecule has 62 heavy (non-hydrogen) atoms. The van der Waals surface area contributed by atoms with E-state index in [1.54, 1.807) is 53.7 Å². The van der Waals surface area contributed by atoms with Crippen molar-refractivity contribution in [2.24, 2.45) is 5.11 Å². The van der Waals surface area contributed by atoms with Gasteiger partial charge in [0.05, 0.1) is 79.3 Å². The van der Waals surface area contributed by atoms with E-state index in [2.05, 4.69) is 79.1 Å². The molecule has 1 N–H and O–H groups in total. The third-order valence-corrected chi connectivity index (χ3v) is 9.41. The minimum Gasteiger partial charge on any atom is -0.456 e. The highest BCUT2D eigenvalue weighted by Crippen LogP contribution is 2.37. The molecule has 3 rings (SSSR count). The molecule has 0 saturated heterocycles. The minimum atomic E-state index is -1.01. The Bertz CT molecular complexity index is 2020. The van der Waals surface area contributed by atoms with Gasteiger partial charge < -0.3 is 43.2 Å². The van der Waals surface area contributed by atoms with E-state index in [9.17, 15) is 24.0 Å². The van der Waals surface area contributed by atoms with E-state index in [0.29, 0.717) is 42.0 Å². The lowest BCUT2D eigenvalue weighted by Gasteiger charge is -2.21. The largest absolute Gasteiger partial charge is 0.456 e. The van der Waals surface area contributed by atoms with Gasteiger partial charge in [0.2, 0.25) is 5.91 Å². The second-order valence-electron chi connectivity index (χ2n) is 14.8. The Morgan fingerprint density at radius 1 is 0.581 bits per heavy atom. The van der Waals surface area contributed by atoms with Crippen LogP contribution in [0.25, 0.3) is 10.4 Å². The van der Waals surface area contributed by atoms with E-state index in [4.69, 9.17) is 43.4 Å². The fraction of sp³-hybridized carbons (Fsp3) is 0.439. The van der Waals surface area contributed by atoms with Gasteiger partial charge in [-0.05, 0) is 121 Å². The van der Waals surface area contributed by atoms with Crippen molar-refractivity contribution in [3.63, 3.8) is 0 Å². The molecule has 0 fully saturated rings. The molecule has 0 spiro atoms. The Morgan fingerprint density at radius 3 is 1.39 bits per heavy atom. The van der Waals surface area contributed by atoms with Crippen LogP contribution in [0.4, 0.5) is 5.69 Å². The smallest absolute Gasteiger partial charge is 0.343 e. The van der Waals surface area contributed by atoms with E-state index >= 15 is 0 Å². The Hall–Kier alpha value is -3.92. The van der Waals surface area contributed by atoms with E-state index in [1.807, 2.05) is 0 Å². The highest BCUT2D eigenvalue weighted by Gasteiger charge is 2.28. The highest BCUT2D eigenvalue weighted by molar-refractivity contribution is 9.11. The van der Waals surface area contributed by atoms with Crippen LogP contribution < -0.4 is 14.8 Å². The predicted octanol–water partition coefficient (Wildman–Crippen LogP) is 9.79. The number of nitrogens with zero attached hydrogens (tertiary/aromatic N) is 3. The molecular weight excluding hydrogens is 1080 g/mol. The number of carbonyl (C=O) groups is 5. The second-order valence-corrected chi connectivity index (χ2v) is 18.4. The van der Waals surface area contributed by atoms with Gasteiger partial charge in [-0.25, -0.2) is 19.2 Å². The number of azide groups is 1. The minimum absolute atomic E-state index is 0.0188. The van der Waals surface area contributed by atoms with Gasteiger partial charge in [-0.3, -0.25) is 4.79 Å². The maximum absolute atomic E-state index is 13.9. The summed E-state index contributed by atoms with van der Waals surface area (Å²) in [6.07, 6.45) is -0.104. The van der Waals surface area contributed by atoms with Crippen molar-refractivity contribution in [2.75, 3.05) is 64.7 Å². The summed E-state index contributed by atoms with van der Waals surface area (Å²) in [4.78, 5) is 69.9. The van der Waals surface area contributed by atoms with Gasteiger partial charge in [-0.15, -0.1) is 0 Å². The number of nitrogens with one attached hydrogen (secondary N) is 1. The summed E-state index contributed by atoms with van der Waals surface area (Å²) in [7, 11) is 0. The van der Waals surface area contributed by atoms with E-state index in [0.717, 1.165) is 0 Å². The molecule has 0 atom stereocenters. The zero-order chi connectivity index (χ0) is 46.0. The maximum Gasteiger partial charge on any atom is 0.343 e. The van der Waals surface area contributed by atoms with Crippen molar-refractivity contribution >= 4 is 99.2 Å². The van der Waals surface area contributed by atoms with Crippen LogP contribution in [0.3, 0.4) is 0 Å². The molecule has 0 bridgehead atoms. The number of hydrogen-bond acceptors (Lipinski definition) is 14. The summed E-state index contributed by atoms with van der Waals surface area (Å²) in [5.41, 5.74) is 5.95. The normalized spacial score (nSPS) is 11.3. The fourth-order valence-electron chi connectivity index (χ4n) is 4.84. The average Bonchev–Trinajstić information content (AvgIpc) is 3.16. The van der Waals surface area contributed by atoms with Crippen molar-refractivity contribution in [3.8, 4) is 11.5 Å². The first-order valence-corrected chi connectivity index (χ1v) is 22.0. The summed E-state index contributed by atoms with van der Waals surface area (Å²) in [5.74, 6) is -4.39. The third kappa shape index (κ3) is 18.8. The molecule has 0 heterocycles. The van der Waals surface area contributed by atoms with Crippen molar-refractivity contribution in [3.05, 3.63) is 93.1 Å². The predicted molar refractivity (Wildman–Crippen MR) is 241 cm³/mol. The van der Waals surface area contributed by atoms with Gasteiger partial charge in [0.25, 0.3) is 0 Å². The Labute approximate surface area is 392 Å². The van der Waals surface area contributed by atoms with Crippen LogP contribution in [0.5, 0.6) is 11.5 Å². The van der Waals surface area contributed by atoms with E-state index in [1.165, 1.54) is 30.3 Å². The van der Waals surface area contributed by atoms with Crippen LogP contribution in [0.15, 0.2) is 65.5 Å². The number of benzene rings is 3. The van der Waals surface area contributed by atoms with Gasteiger partial charge >= 0.3 is 23.9 Å². The number of carbonyl (C=O) groups excluding carboxylic acids is 5. The topological polar surface area (TPSA) is 220 Å². The number of amides is 1. The number of esters is 4. The molecule has 0 aromatic heterocycles. The molecule has 0 saturated carbocycles. The standard InChI is InChI=1S/C41H46Br4N4O13/c1-40(2,3)61-38(53)29-20-26(42)22-31(44)34(29)59-36(51)24-17-25(37(52)60-35-30(21-27(43)23-32(35)45)39(54)62-41(4,5)6)19-28(18-24)48-33(50)7-9-55-11-13-57-15-16-58-14-12-56-10-8-47-49-46/h17-23H,7-16H2,1-6H3,(H,48,50). The average molecular weight is 1120 g/mol. The SMILES string of the molecule is CC(C)(C)OC(=O)c1cc(Br)cc(Br)c1OC(=O)c1cc(NC(=O)CCOCCOCCOCCOCCN=[N+]=[N-])cc(C(=O)Oc2c(Br)cc(Br)cc2C(=O)OC(C)(C)C)c1.